The minimum Gasteiger partial charge on any atom is -0.496 e. The number of rotatable bonds is 5. The van der Waals surface area contributed by atoms with E-state index in [1.54, 1.807) is 18.4 Å². The number of anilines is 1. The molecule has 6 heteroatoms. The van der Waals surface area contributed by atoms with Crippen molar-refractivity contribution in [3.05, 3.63) is 53.1 Å². The summed E-state index contributed by atoms with van der Waals surface area (Å²) in [5.41, 5.74) is 4.55. The third-order valence-electron chi connectivity index (χ3n) is 5.53. The number of amides is 1. The highest BCUT2D eigenvalue weighted by Gasteiger charge is 2.27. The van der Waals surface area contributed by atoms with E-state index in [0.717, 1.165) is 47.9 Å². The number of para-hydroxylation sites is 1. The van der Waals surface area contributed by atoms with Gasteiger partial charge in [-0.05, 0) is 49.9 Å². The van der Waals surface area contributed by atoms with E-state index in [9.17, 15) is 4.79 Å². The lowest BCUT2D eigenvalue weighted by atomic mass is 9.97. The molecule has 1 fully saturated rings. The number of hydrogen-bond donors (Lipinski definition) is 1. The van der Waals surface area contributed by atoms with Crippen LogP contribution in [0.5, 0.6) is 5.75 Å². The third-order valence-corrected chi connectivity index (χ3v) is 6.59. The number of nitrogens with one attached hydrogen (secondary N) is 1. The van der Waals surface area contributed by atoms with E-state index in [1.165, 1.54) is 15.8 Å². The van der Waals surface area contributed by atoms with Gasteiger partial charge < -0.3 is 15.0 Å². The summed E-state index contributed by atoms with van der Waals surface area (Å²) in [6.07, 6.45) is 1.91. The van der Waals surface area contributed by atoms with E-state index in [1.807, 2.05) is 24.3 Å². The number of piperidine rings is 1. The zero-order valence-corrected chi connectivity index (χ0v) is 18.0. The van der Waals surface area contributed by atoms with E-state index in [-0.39, 0.29) is 11.8 Å². The molecule has 0 radical (unpaired) electrons. The molecule has 29 heavy (non-hydrogen) atoms. The fraction of sp³-hybridized carbons (Fsp3) is 0.391. The van der Waals surface area contributed by atoms with Crippen molar-refractivity contribution in [2.24, 2.45) is 5.92 Å². The zero-order chi connectivity index (χ0) is 20.4. The van der Waals surface area contributed by atoms with Crippen LogP contribution in [0.3, 0.4) is 0 Å². The summed E-state index contributed by atoms with van der Waals surface area (Å²) in [6.45, 7) is 6.39. The van der Waals surface area contributed by atoms with Gasteiger partial charge in [0.1, 0.15) is 5.75 Å². The SMILES string of the molecule is COc1ccccc1CNC(=O)C1CCCN(c2nc3c(C)cc(C)cc3s2)C1. The van der Waals surface area contributed by atoms with Gasteiger partial charge in [0.15, 0.2) is 5.13 Å². The molecule has 2 heterocycles. The second-order valence-corrected chi connectivity index (χ2v) is 8.75. The van der Waals surface area contributed by atoms with Crippen LogP contribution >= 0.6 is 11.3 Å². The first-order chi connectivity index (χ1) is 14.0. The first-order valence-corrected chi connectivity index (χ1v) is 10.9. The number of aromatic nitrogens is 1. The smallest absolute Gasteiger partial charge is 0.225 e. The largest absolute Gasteiger partial charge is 0.496 e. The number of nitrogens with zero attached hydrogens (tertiary/aromatic N) is 2. The first kappa shape index (κ1) is 19.7. The monoisotopic (exact) mass is 409 g/mol. The lowest BCUT2D eigenvalue weighted by Crippen LogP contribution is -2.43. The quantitative estimate of drug-likeness (QED) is 0.676. The normalized spacial score (nSPS) is 16.8. The van der Waals surface area contributed by atoms with Crippen LogP contribution in [0.4, 0.5) is 5.13 Å². The Bertz CT molecular complexity index is 1030. The molecular formula is C23H27N3O2S. The molecule has 3 aromatic rings. The molecule has 1 aromatic heterocycles. The van der Waals surface area contributed by atoms with Gasteiger partial charge in [-0.15, -0.1) is 0 Å². The number of benzene rings is 2. The Morgan fingerprint density at radius 2 is 2.14 bits per heavy atom. The molecule has 5 nitrogen and oxygen atoms in total. The van der Waals surface area contributed by atoms with Crippen molar-refractivity contribution in [2.75, 3.05) is 25.1 Å². The van der Waals surface area contributed by atoms with Gasteiger partial charge in [0.05, 0.1) is 23.2 Å². The van der Waals surface area contributed by atoms with E-state index in [0.29, 0.717) is 6.54 Å². The minimum atomic E-state index is -0.0201. The van der Waals surface area contributed by atoms with Gasteiger partial charge in [0.2, 0.25) is 5.91 Å². The zero-order valence-electron chi connectivity index (χ0n) is 17.2. The van der Waals surface area contributed by atoms with Crippen molar-refractivity contribution in [1.29, 1.82) is 0 Å². The van der Waals surface area contributed by atoms with Crippen molar-refractivity contribution < 1.29 is 9.53 Å². The molecule has 0 saturated carbocycles. The van der Waals surface area contributed by atoms with Crippen LogP contribution in [-0.2, 0) is 11.3 Å². The van der Waals surface area contributed by atoms with E-state index in [2.05, 4.69) is 36.2 Å². The van der Waals surface area contributed by atoms with E-state index >= 15 is 0 Å². The summed E-state index contributed by atoms with van der Waals surface area (Å²) in [5, 5.41) is 4.12. The number of methoxy groups -OCH3 is 1. The number of thiazole rings is 1. The number of ether oxygens (including phenoxy) is 1. The van der Waals surface area contributed by atoms with Gasteiger partial charge in [0, 0.05) is 25.2 Å². The fourth-order valence-corrected chi connectivity index (χ4v) is 5.21. The molecule has 1 aliphatic heterocycles. The summed E-state index contributed by atoms with van der Waals surface area (Å²) < 4.78 is 6.60. The van der Waals surface area contributed by atoms with Crippen LogP contribution in [0, 0.1) is 19.8 Å². The van der Waals surface area contributed by atoms with Gasteiger partial charge in [0.25, 0.3) is 0 Å². The molecule has 1 saturated heterocycles. The molecule has 1 unspecified atom stereocenters. The van der Waals surface area contributed by atoms with Crippen LogP contribution in [0.1, 0.15) is 29.5 Å². The molecule has 1 N–H and O–H groups in total. The highest BCUT2D eigenvalue weighted by Crippen LogP contribution is 2.33. The molecule has 2 aromatic carbocycles. The predicted molar refractivity (Wildman–Crippen MR) is 119 cm³/mol. The molecule has 4 rings (SSSR count). The summed E-state index contributed by atoms with van der Waals surface area (Å²) in [5.74, 6) is 0.889. The van der Waals surface area contributed by atoms with Gasteiger partial charge in [-0.25, -0.2) is 4.98 Å². The maximum Gasteiger partial charge on any atom is 0.225 e. The second kappa shape index (κ2) is 8.41. The highest BCUT2D eigenvalue weighted by molar-refractivity contribution is 7.22. The van der Waals surface area contributed by atoms with Crippen LogP contribution in [-0.4, -0.2) is 31.1 Å². The van der Waals surface area contributed by atoms with Crippen LogP contribution < -0.4 is 15.0 Å². The molecule has 0 bridgehead atoms. The van der Waals surface area contributed by atoms with Gasteiger partial charge in [-0.3, -0.25) is 4.79 Å². The Hall–Kier alpha value is -2.60. The Morgan fingerprint density at radius 1 is 1.31 bits per heavy atom. The first-order valence-electron chi connectivity index (χ1n) is 10.1. The lowest BCUT2D eigenvalue weighted by Gasteiger charge is -2.31. The Labute approximate surface area is 175 Å². The van der Waals surface area contributed by atoms with Crippen molar-refractivity contribution in [1.82, 2.24) is 10.3 Å². The maximum atomic E-state index is 12.8. The van der Waals surface area contributed by atoms with Crippen molar-refractivity contribution in [3.8, 4) is 5.75 Å². The average molecular weight is 410 g/mol. The summed E-state index contributed by atoms with van der Waals surface area (Å²) in [7, 11) is 1.65. The average Bonchev–Trinajstić information content (AvgIpc) is 3.17. The third kappa shape index (κ3) is 4.22. The molecule has 1 aliphatic rings. The Balaban J connectivity index is 1.44. The molecular weight excluding hydrogens is 382 g/mol. The number of hydrogen-bond acceptors (Lipinski definition) is 5. The van der Waals surface area contributed by atoms with Crippen molar-refractivity contribution in [3.63, 3.8) is 0 Å². The van der Waals surface area contributed by atoms with Gasteiger partial charge >= 0.3 is 0 Å². The summed E-state index contributed by atoms with van der Waals surface area (Å²) >= 11 is 1.73. The molecule has 152 valence electrons. The molecule has 0 aliphatic carbocycles. The highest BCUT2D eigenvalue weighted by atomic mass is 32.1. The minimum absolute atomic E-state index is 0.0201. The lowest BCUT2D eigenvalue weighted by molar-refractivity contribution is -0.125. The number of carbonyl (C=O) groups excluding carboxylic acids is 1. The van der Waals surface area contributed by atoms with E-state index in [4.69, 9.17) is 9.72 Å². The second-order valence-electron chi connectivity index (χ2n) is 7.74. The van der Waals surface area contributed by atoms with Crippen LogP contribution in [0.25, 0.3) is 10.2 Å². The fourth-order valence-electron chi connectivity index (χ4n) is 4.03. The molecule has 1 atom stereocenters. The summed E-state index contributed by atoms with van der Waals surface area (Å²) in [6, 6.07) is 12.2. The van der Waals surface area contributed by atoms with Crippen LogP contribution in [0.15, 0.2) is 36.4 Å². The summed E-state index contributed by atoms with van der Waals surface area (Å²) in [4.78, 5) is 20.0. The standard InChI is InChI=1S/C23H27N3O2S/c1-15-11-16(2)21-20(12-15)29-23(25-21)26-10-6-8-18(14-26)22(27)24-13-17-7-4-5-9-19(17)28-3/h4-5,7,9,11-12,18H,6,8,10,13-14H2,1-3H3,(H,24,27). The van der Waals surface area contributed by atoms with Gasteiger partial charge in [-0.1, -0.05) is 35.6 Å². The van der Waals surface area contributed by atoms with Crippen LogP contribution in [0.2, 0.25) is 0 Å². The van der Waals surface area contributed by atoms with Crippen molar-refractivity contribution >= 4 is 32.6 Å². The molecule has 1 amide bonds. The van der Waals surface area contributed by atoms with E-state index < -0.39 is 0 Å². The topological polar surface area (TPSA) is 54.5 Å². The van der Waals surface area contributed by atoms with Gasteiger partial charge in [-0.2, -0.15) is 0 Å². The maximum absolute atomic E-state index is 12.8. The number of carbonyl (C=O) groups is 1. The number of aryl methyl sites for hydroxylation is 2. The molecule has 0 spiro atoms. The van der Waals surface area contributed by atoms with Crippen molar-refractivity contribution in [2.45, 2.75) is 33.2 Å². The Morgan fingerprint density at radius 3 is 2.97 bits per heavy atom. The number of fused-ring (bicyclic) bond motifs is 1. The Kier molecular flexibility index (Phi) is 5.72. The predicted octanol–water partition coefficient (Wildman–Crippen LogP) is 4.45.